The number of nitrogens with zero attached hydrogens (tertiary/aromatic N) is 1. The first kappa shape index (κ1) is 10.4. The molecule has 0 unspecified atom stereocenters. The van der Waals surface area contributed by atoms with E-state index in [9.17, 15) is 0 Å². The highest BCUT2D eigenvalue weighted by molar-refractivity contribution is 9.10. The van der Waals surface area contributed by atoms with Crippen LogP contribution in [0, 0.1) is 0 Å². The van der Waals surface area contributed by atoms with Gasteiger partial charge in [-0.25, -0.2) is 0 Å². The van der Waals surface area contributed by atoms with Crippen LogP contribution in [0.1, 0.15) is 31.0 Å². The van der Waals surface area contributed by atoms with E-state index in [0.717, 1.165) is 23.1 Å². The first-order valence-corrected chi connectivity index (χ1v) is 5.99. The van der Waals surface area contributed by atoms with Crippen LogP contribution in [0.25, 0.3) is 0 Å². The molecule has 1 N–H and O–H groups in total. The van der Waals surface area contributed by atoms with Crippen molar-refractivity contribution in [1.29, 1.82) is 0 Å². The Morgan fingerprint density at radius 1 is 1.50 bits per heavy atom. The third-order valence-corrected chi connectivity index (χ3v) is 3.32. The minimum absolute atomic E-state index is 0.385. The molecule has 1 aliphatic rings. The van der Waals surface area contributed by atoms with Gasteiger partial charge in [0, 0.05) is 10.7 Å². The largest absolute Gasteiger partial charge is 0.309 e. The van der Waals surface area contributed by atoms with E-state index in [2.05, 4.69) is 26.2 Å². The number of hydrogen-bond donors (Lipinski definition) is 1. The maximum Gasteiger partial charge on any atom is 0.0715 e. The Morgan fingerprint density at radius 3 is 3.00 bits per heavy atom. The lowest BCUT2D eigenvalue weighted by molar-refractivity contribution is 0.404. The molecule has 2 nitrogen and oxygen atoms in total. The second-order valence-corrected chi connectivity index (χ2v) is 4.81. The normalized spacial score (nSPS) is 22.3. The van der Waals surface area contributed by atoms with E-state index in [0.29, 0.717) is 11.1 Å². The van der Waals surface area contributed by atoms with Gasteiger partial charge in [-0.1, -0.05) is 18.0 Å². The number of piperidine rings is 1. The lowest BCUT2D eigenvalue weighted by Gasteiger charge is -2.23. The summed E-state index contributed by atoms with van der Waals surface area (Å²) in [6, 6.07) is 2.29. The molecule has 1 saturated heterocycles. The van der Waals surface area contributed by atoms with Crippen LogP contribution in [0.15, 0.2) is 16.7 Å². The quantitative estimate of drug-likeness (QED) is 0.850. The predicted molar refractivity (Wildman–Crippen MR) is 61.5 cm³/mol. The number of nitrogens with one attached hydrogen (secondary N) is 1. The van der Waals surface area contributed by atoms with Crippen molar-refractivity contribution in [2.75, 3.05) is 6.54 Å². The molecule has 2 rings (SSSR count). The van der Waals surface area contributed by atoms with Gasteiger partial charge in [0.15, 0.2) is 0 Å². The van der Waals surface area contributed by atoms with Crippen LogP contribution < -0.4 is 5.32 Å². The van der Waals surface area contributed by atoms with Crippen LogP contribution in [0.5, 0.6) is 0 Å². The summed E-state index contributed by atoms with van der Waals surface area (Å²) in [6.07, 6.45) is 5.40. The molecule has 2 heterocycles. The standard InChI is InChI=1S/C10H12BrClN2/c11-8-5-7(12)6-14-10(8)9-3-1-2-4-13-9/h5-6,9,13H,1-4H2/t9-/m0/s1. The van der Waals surface area contributed by atoms with Crippen molar-refractivity contribution in [3.05, 3.63) is 27.5 Å². The Labute approximate surface area is 97.2 Å². The summed E-state index contributed by atoms with van der Waals surface area (Å²) in [5.74, 6) is 0. The number of pyridine rings is 1. The summed E-state index contributed by atoms with van der Waals surface area (Å²) in [5.41, 5.74) is 1.08. The van der Waals surface area contributed by atoms with Gasteiger partial charge < -0.3 is 5.32 Å². The third kappa shape index (κ3) is 2.27. The Bertz CT molecular complexity index is 324. The smallest absolute Gasteiger partial charge is 0.0715 e. The molecule has 14 heavy (non-hydrogen) atoms. The van der Waals surface area contributed by atoms with Crippen molar-refractivity contribution >= 4 is 27.5 Å². The van der Waals surface area contributed by atoms with Crippen molar-refractivity contribution in [2.45, 2.75) is 25.3 Å². The molecule has 0 bridgehead atoms. The maximum absolute atomic E-state index is 5.84. The van der Waals surface area contributed by atoms with Gasteiger partial charge >= 0.3 is 0 Å². The van der Waals surface area contributed by atoms with Crippen molar-refractivity contribution in [2.24, 2.45) is 0 Å². The Hall–Kier alpha value is -0.120. The van der Waals surface area contributed by atoms with Crippen LogP contribution in [0.2, 0.25) is 5.02 Å². The van der Waals surface area contributed by atoms with Crippen LogP contribution >= 0.6 is 27.5 Å². The van der Waals surface area contributed by atoms with Crippen LogP contribution in [-0.4, -0.2) is 11.5 Å². The van der Waals surface area contributed by atoms with Gasteiger partial charge in [0.2, 0.25) is 0 Å². The van der Waals surface area contributed by atoms with E-state index in [1.54, 1.807) is 6.20 Å². The number of halogens is 2. The number of aromatic nitrogens is 1. The van der Waals surface area contributed by atoms with Gasteiger partial charge in [0.25, 0.3) is 0 Å². The van der Waals surface area contributed by atoms with Crippen LogP contribution in [0.4, 0.5) is 0 Å². The molecule has 1 aromatic rings. The second kappa shape index (κ2) is 4.60. The molecule has 0 radical (unpaired) electrons. The Kier molecular flexibility index (Phi) is 3.42. The molecule has 1 fully saturated rings. The fourth-order valence-corrected chi connectivity index (χ4v) is 2.68. The van der Waals surface area contributed by atoms with Gasteiger partial charge in [-0.2, -0.15) is 0 Å². The fourth-order valence-electron chi connectivity index (χ4n) is 1.77. The average Bonchev–Trinajstić information content (AvgIpc) is 2.19. The monoisotopic (exact) mass is 274 g/mol. The SMILES string of the molecule is Clc1cnc([C@@H]2CCCCN2)c(Br)c1. The molecule has 76 valence electrons. The molecular formula is C10H12BrClN2. The third-order valence-electron chi connectivity index (χ3n) is 2.48. The summed E-state index contributed by atoms with van der Waals surface area (Å²) in [6.45, 7) is 1.08. The van der Waals surface area contributed by atoms with Gasteiger partial charge in [-0.05, 0) is 41.4 Å². The zero-order chi connectivity index (χ0) is 9.97. The molecule has 1 atom stereocenters. The fraction of sp³-hybridized carbons (Fsp3) is 0.500. The number of hydrogen-bond acceptors (Lipinski definition) is 2. The Morgan fingerprint density at radius 2 is 2.36 bits per heavy atom. The predicted octanol–water partition coefficient (Wildman–Crippen LogP) is 3.31. The van der Waals surface area contributed by atoms with E-state index in [1.165, 1.54) is 12.8 Å². The highest BCUT2D eigenvalue weighted by Gasteiger charge is 2.18. The molecule has 0 saturated carbocycles. The summed E-state index contributed by atoms with van der Waals surface area (Å²) < 4.78 is 1.00. The zero-order valence-corrected chi connectivity index (χ0v) is 10.1. The lowest BCUT2D eigenvalue weighted by atomic mass is 10.0. The molecule has 0 amide bonds. The highest BCUT2D eigenvalue weighted by Crippen LogP contribution is 2.28. The van der Waals surface area contributed by atoms with Crippen molar-refractivity contribution < 1.29 is 0 Å². The van der Waals surface area contributed by atoms with Gasteiger partial charge in [0.05, 0.1) is 16.8 Å². The van der Waals surface area contributed by atoms with Gasteiger partial charge in [0.1, 0.15) is 0 Å². The van der Waals surface area contributed by atoms with E-state index in [-0.39, 0.29) is 0 Å². The molecular weight excluding hydrogens is 263 g/mol. The molecule has 0 aromatic carbocycles. The summed E-state index contributed by atoms with van der Waals surface area (Å²) >= 11 is 9.34. The summed E-state index contributed by atoms with van der Waals surface area (Å²) in [7, 11) is 0. The topological polar surface area (TPSA) is 24.9 Å². The number of rotatable bonds is 1. The first-order chi connectivity index (χ1) is 6.77. The van der Waals surface area contributed by atoms with E-state index >= 15 is 0 Å². The summed E-state index contributed by atoms with van der Waals surface area (Å²) in [5, 5.41) is 4.14. The molecule has 4 heteroatoms. The second-order valence-electron chi connectivity index (χ2n) is 3.52. The van der Waals surface area contributed by atoms with Crippen LogP contribution in [-0.2, 0) is 0 Å². The van der Waals surface area contributed by atoms with E-state index in [4.69, 9.17) is 11.6 Å². The molecule has 0 aliphatic carbocycles. The van der Waals surface area contributed by atoms with Crippen LogP contribution in [0.3, 0.4) is 0 Å². The van der Waals surface area contributed by atoms with E-state index < -0.39 is 0 Å². The van der Waals surface area contributed by atoms with Crippen molar-refractivity contribution in [3.8, 4) is 0 Å². The zero-order valence-electron chi connectivity index (χ0n) is 7.76. The summed E-state index contributed by atoms with van der Waals surface area (Å²) in [4.78, 5) is 4.36. The van der Waals surface area contributed by atoms with Crippen molar-refractivity contribution in [1.82, 2.24) is 10.3 Å². The highest BCUT2D eigenvalue weighted by atomic mass is 79.9. The molecule has 1 aliphatic heterocycles. The molecule has 0 spiro atoms. The van der Waals surface area contributed by atoms with Crippen molar-refractivity contribution in [3.63, 3.8) is 0 Å². The Balaban J connectivity index is 2.22. The average molecular weight is 276 g/mol. The maximum atomic E-state index is 5.84. The van der Waals surface area contributed by atoms with E-state index in [1.807, 2.05) is 6.07 Å². The minimum atomic E-state index is 0.385. The molecule has 1 aromatic heterocycles. The van der Waals surface area contributed by atoms with Gasteiger partial charge in [-0.3, -0.25) is 4.98 Å². The first-order valence-electron chi connectivity index (χ1n) is 4.81. The lowest BCUT2D eigenvalue weighted by Crippen LogP contribution is -2.27. The minimum Gasteiger partial charge on any atom is -0.309 e. The van der Waals surface area contributed by atoms with Gasteiger partial charge in [-0.15, -0.1) is 0 Å².